The van der Waals surface area contributed by atoms with Gasteiger partial charge in [-0.15, -0.1) is 0 Å². The van der Waals surface area contributed by atoms with E-state index >= 15 is 0 Å². The van der Waals surface area contributed by atoms with Gasteiger partial charge >= 0.3 is 11.9 Å². The Morgan fingerprint density at radius 1 is 0.682 bits per heavy atom. The van der Waals surface area contributed by atoms with Gasteiger partial charge in [-0.1, -0.05) is 0 Å². The second-order valence-electron chi connectivity index (χ2n) is 14.4. The van der Waals surface area contributed by atoms with Crippen LogP contribution in [0.5, 0.6) is 0 Å². The van der Waals surface area contributed by atoms with Crippen LogP contribution in [0.3, 0.4) is 0 Å². The third-order valence-corrected chi connectivity index (χ3v) is 8.55. The van der Waals surface area contributed by atoms with Crippen molar-refractivity contribution in [2.75, 3.05) is 10.1 Å². The topological polar surface area (TPSA) is 109 Å². The average molecular weight is 737 g/mol. The molecule has 0 aromatic carbocycles. The number of nitrogens with zero attached hydrogens (tertiary/aromatic N) is 4. The number of carbonyl (C=O) groups excluding carboxylic acids is 2. The summed E-state index contributed by atoms with van der Waals surface area (Å²) in [5, 5.41) is 10.4. The third-order valence-electron chi connectivity index (χ3n) is 7.61. The van der Waals surface area contributed by atoms with Crippen molar-refractivity contribution in [2.45, 2.75) is 115 Å². The number of hydrogen-bond donors (Lipinski definition) is 2. The van der Waals surface area contributed by atoms with E-state index in [0.717, 1.165) is 21.1 Å². The monoisotopic (exact) mass is 734 g/mol. The fourth-order valence-corrected chi connectivity index (χ4v) is 7.34. The van der Waals surface area contributed by atoms with Crippen LogP contribution in [0.4, 0.5) is 11.6 Å². The van der Waals surface area contributed by atoms with Gasteiger partial charge in [0.15, 0.2) is 11.6 Å². The minimum Gasteiger partial charge on any atom is -0.334 e. The molecule has 4 rings (SSSR count). The Balaban J connectivity index is 1.53. The van der Waals surface area contributed by atoms with Gasteiger partial charge in [0, 0.05) is 55.6 Å². The molecule has 0 aliphatic carbocycles. The highest BCUT2D eigenvalue weighted by Gasteiger charge is 2.43. The van der Waals surface area contributed by atoms with E-state index in [1.807, 2.05) is 12.1 Å². The molecule has 2 saturated heterocycles. The lowest BCUT2D eigenvalue weighted by Crippen LogP contribution is -2.62. The number of hydroxylamine groups is 2. The van der Waals surface area contributed by atoms with Crippen molar-refractivity contribution in [1.82, 2.24) is 20.6 Å². The number of halogens is 2. The van der Waals surface area contributed by atoms with Gasteiger partial charge in [-0.05, 0) is 137 Å². The predicted molar refractivity (Wildman–Crippen MR) is 179 cm³/mol. The van der Waals surface area contributed by atoms with Gasteiger partial charge < -0.3 is 20.3 Å². The molecule has 0 atom stereocenters. The molecule has 0 spiro atoms. The largest absolute Gasteiger partial charge is 0.356 e. The summed E-state index contributed by atoms with van der Waals surface area (Å²) < 4.78 is 1.62. The molecule has 4 heterocycles. The van der Waals surface area contributed by atoms with Crippen molar-refractivity contribution in [1.29, 1.82) is 0 Å². The normalized spacial score (nSPS) is 21.0. The van der Waals surface area contributed by atoms with Gasteiger partial charge in [0.25, 0.3) is 0 Å². The second kappa shape index (κ2) is 13.1. The zero-order valence-electron chi connectivity index (χ0n) is 26.8. The first-order chi connectivity index (χ1) is 20.3. The van der Waals surface area contributed by atoms with Crippen LogP contribution < -0.4 is 20.8 Å². The van der Waals surface area contributed by atoms with Crippen LogP contribution in [0.25, 0.3) is 0 Å². The lowest BCUT2D eigenvalue weighted by Gasteiger charge is -2.48. The van der Waals surface area contributed by atoms with E-state index in [1.54, 1.807) is 34.7 Å². The molecule has 10 nitrogen and oxygen atoms in total. The maximum Gasteiger partial charge on any atom is 0.356 e. The van der Waals surface area contributed by atoms with Gasteiger partial charge in [0.1, 0.15) is 0 Å². The van der Waals surface area contributed by atoms with Crippen molar-refractivity contribution in [3.63, 3.8) is 0 Å². The van der Waals surface area contributed by atoms with Gasteiger partial charge in [-0.3, -0.25) is 0 Å². The Morgan fingerprint density at radius 3 is 1.27 bits per heavy atom. The number of carbonyl (C=O) groups is 2. The van der Waals surface area contributed by atoms with Crippen LogP contribution in [0.2, 0.25) is 0 Å². The van der Waals surface area contributed by atoms with Gasteiger partial charge in [-0.25, -0.2) is 19.6 Å². The molecule has 0 radical (unpaired) electrons. The molecular formula is C32H44Br2N6O4. The Morgan fingerprint density at radius 2 is 1.00 bits per heavy atom. The maximum absolute atomic E-state index is 13.2. The van der Waals surface area contributed by atoms with Gasteiger partial charge in [0.2, 0.25) is 0 Å². The molecule has 2 N–H and O–H groups in total. The van der Waals surface area contributed by atoms with Crippen LogP contribution in [-0.4, -0.2) is 56.1 Å². The first-order valence-electron chi connectivity index (χ1n) is 14.8. The van der Waals surface area contributed by atoms with Crippen molar-refractivity contribution in [3.05, 3.63) is 57.8 Å². The van der Waals surface area contributed by atoms with Crippen molar-refractivity contribution in [2.24, 2.45) is 0 Å². The fourth-order valence-electron chi connectivity index (χ4n) is 6.87. The summed E-state index contributed by atoms with van der Waals surface area (Å²) in [4.78, 5) is 47.1. The number of nitrogens with one attached hydrogen (secondary N) is 2. The molecule has 44 heavy (non-hydrogen) atoms. The second-order valence-corrected chi connectivity index (χ2v) is 16.2. The predicted octanol–water partition coefficient (Wildman–Crippen LogP) is 6.41. The molecule has 2 fully saturated rings. The molecule has 0 saturated carbocycles. The lowest BCUT2D eigenvalue weighted by molar-refractivity contribution is -0.144. The molecule has 2 aliphatic rings. The van der Waals surface area contributed by atoms with Gasteiger partial charge in [-0.2, -0.15) is 10.1 Å². The van der Waals surface area contributed by atoms with Crippen LogP contribution in [0.15, 0.2) is 57.8 Å². The molecule has 2 aliphatic heterocycles. The summed E-state index contributed by atoms with van der Waals surface area (Å²) in [7, 11) is 0. The van der Waals surface area contributed by atoms with E-state index in [0.29, 0.717) is 37.3 Å². The smallest absolute Gasteiger partial charge is 0.334 e. The molecule has 0 bridgehead atoms. The lowest BCUT2D eigenvalue weighted by atomic mass is 9.79. The summed E-state index contributed by atoms with van der Waals surface area (Å²) in [6, 6.07) is 6.99. The highest BCUT2D eigenvalue weighted by atomic mass is 79.9. The summed E-state index contributed by atoms with van der Waals surface area (Å²) in [6.07, 6.45) is 8.36. The van der Waals surface area contributed by atoms with Gasteiger partial charge in [0.05, 0.1) is 12.1 Å². The van der Waals surface area contributed by atoms with Crippen molar-refractivity contribution in [3.8, 4) is 0 Å². The highest BCUT2D eigenvalue weighted by Crippen LogP contribution is 2.35. The van der Waals surface area contributed by atoms with Crippen molar-refractivity contribution >= 4 is 55.4 Å². The van der Waals surface area contributed by atoms with Crippen LogP contribution >= 0.6 is 31.9 Å². The van der Waals surface area contributed by atoms with E-state index in [-0.39, 0.29) is 34.2 Å². The Hall–Kier alpha value is -2.54. The minimum atomic E-state index is -0.710. The molecule has 2 aromatic heterocycles. The first-order valence-corrected chi connectivity index (χ1v) is 16.4. The fraction of sp³-hybridized carbons (Fsp3) is 0.562. The zero-order chi connectivity index (χ0) is 32.5. The maximum atomic E-state index is 13.2. The standard InChI is InChI=1S/C32H44Br2N6O4/c1-29(2)15-23(16-30(3,4)37-29)39(25-11-9-21(33)19-35-25)43-27(41)13-14-28(42)44-40(26-12-10-22(34)20-36-26)24-17-31(5,6)38-32(7,8)18-24/h9-14,19-20,23-24,37-38H,15-18H2,1-8H3/b14-13+. The Labute approximate surface area is 277 Å². The van der Waals surface area contributed by atoms with E-state index in [2.05, 4.69) is 108 Å². The molecule has 0 unspecified atom stereocenters. The molecule has 240 valence electrons. The zero-order valence-corrected chi connectivity index (χ0v) is 30.0. The third kappa shape index (κ3) is 9.48. The highest BCUT2D eigenvalue weighted by molar-refractivity contribution is 9.10. The Kier molecular flexibility index (Phi) is 10.2. The number of aromatic nitrogens is 2. The summed E-state index contributed by atoms with van der Waals surface area (Å²) in [5.74, 6) is -0.421. The van der Waals surface area contributed by atoms with Crippen LogP contribution in [-0.2, 0) is 19.3 Å². The van der Waals surface area contributed by atoms with Crippen molar-refractivity contribution < 1.29 is 19.3 Å². The molecular weight excluding hydrogens is 692 g/mol. The van der Waals surface area contributed by atoms with E-state index < -0.39 is 11.9 Å². The first kappa shape index (κ1) is 34.3. The number of piperidine rings is 2. The van der Waals surface area contributed by atoms with E-state index in [4.69, 9.17) is 9.68 Å². The number of pyridine rings is 2. The SMILES string of the molecule is CC1(C)CC(N(OC(=O)/C=C/C(=O)ON(c2ccc(Br)cn2)C2CC(C)(C)NC(C)(C)C2)c2ccc(Br)cn2)CC(C)(C)N1. The summed E-state index contributed by atoms with van der Waals surface area (Å²) in [5.41, 5.74) is -0.800. The van der Waals surface area contributed by atoms with E-state index in [1.165, 1.54) is 0 Å². The number of hydrogen-bond acceptors (Lipinski definition) is 10. The Bertz CT molecular complexity index is 1230. The number of rotatable bonds is 8. The summed E-state index contributed by atoms with van der Waals surface area (Å²) in [6.45, 7) is 17.0. The molecule has 12 heteroatoms. The van der Waals surface area contributed by atoms with Crippen LogP contribution in [0, 0.1) is 0 Å². The quantitative estimate of drug-likeness (QED) is 0.234. The molecule has 2 aromatic rings. The number of anilines is 2. The summed E-state index contributed by atoms with van der Waals surface area (Å²) >= 11 is 6.85. The minimum absolute atomic E-state index is 0.148. The van der Waals surface area contributed by atoms with Crippen LogP contribution in [0.1, 0.15) is 81.1 Å². The van der Waals surface area contributed by atoms with E-state index in [9.17, 15) is 9.59 Å². The molecule has 0 amide bonds. The average Bonchev–Trinajstić information content (AvgIpc) is 2.87.